The molecular weight excluding hydrogens is 292 g/mol. The Labute approximate surface area is 133 Å². The van der Waals surface area contributed by atoms with Crippen LogP contribution in [-0.4, -0.2) is 17.7 Å². The number of aromatic hydroxyl groups is 1. The maximum atomic E-state index is 9.92. The zero-order valence-corrected chi connectivity index (χ0v) is 12.5. The summed E-state index contributed by atoms with van der Waals surface area (Å²) in [4.78, 5) is 4.61. The van der Waals surface area contributed by atoms with Gasteiger partial charge in [-0.25, -0.2) is 4.99 Å². The van der Waals surface area contributed by atoms with Gasteiger partial charge in [0.2, 0.25) is 0 Å². The monoisotopic (exact) mass is 308 g/mol. The van der Waals surface area contributed by atoms with Gasteiger partial charge in [-0.1, -0.05) is 6.07 Å². The van der Waals surface area contributed by atoms with Crippen LogP contribution in [0.2, 0.25) is 0 Å². The van der Waals surface area contributed by atoms with Crippen LogP contribution in [0.4, 0.5) is 0 Å². The number of ether oxygens (including phenoxy) is 2. The highest BCUT2D eigenvalue weighted by Crippen LogP contribution is 2.53. The number of nitrogens with zero attached hydrogens (tertiary/aromatic N) is 1. The maximum Gasteiger partial charge on any atom is 0.283 e. The number of fused-ring (bicyclic) bond motifs is 4. The molecule has 0 amide bonds. The SMILES string of the molecule is NC1=N[C@]2(CO1)c1cc(O)ccc1Oc1ccc(C3CC3)cc12. The average Bonchev–Trinajstić information content (AvgIpc) is 3.32. The van der Waals surface area contributed by atoms with Gasteiger partial charge in [0.15, 0.2) is 5.54 Å². The second-order valence-corrected chi connectivity index (χ2v) is 6.41. The molecule has 2 heterocycles. The first-order valence-electron chi connectivity index (χ1n) is 7.80. The third-order valence-electron chi connectivity index (χ3n) is 4.86. The number of nitrogens with two attached hydrogens (primary N) is 1. The lowest BCUT2D eigenvalue weighted by atomic mass is 9.80. The first kappa shape index (κ1) is 12.8. The molecule has 5 nitrogen and oxygen atoms in total. The van der Waals surface area contributed by atoms with Crippen molar-refractivity contribution in [2.45, 2.75) is 24.3 Å². The topological polar surface area (TPSA) is 77.1 Å². The van der Waals surface area contributed by atoms with Crippen molar-refractivity contribution in [2.24, 2.45) is 10.7 Å². The van der Waals surface area contributed by atoms with E-state index >= 15 is 0 Å². The summed E-state index contributed by atoms with van der Waals surface area (Å²) in [6.45, 7) is 0.319. The molecule has 1 atom stereocenters. The van der Waals surface area contributed by atoms with Crippen LogP contribution >= 0.6 is 0 Å². The zero-order valence-electron chi connectivity index (χ0n) is 12.5. The smallest absolute Gasteiger partial charge is 0.283 e. The Hall–Kier alpha value is -2.69. The largest absolute Gasteiger partial charge is 0.508 e. The van der Waals surface area contributed by atoms with Crippen molar-refractivity contribution in [1.82, 2.24) is 0 Å². The fourth-order valence-electron chi connectivity index (χ4n) is 3.53. The molecule has 0 aromatic heterocycles. The summed E-state index contributed by atoms with van der Waals surface area (Å²) in [5.74, 6) is 2.26. The third kappa shape index (κ3) is 1.76. The van der Waals surface area contributed by atoms with E-state index in [1.807, 2.05) is 6.07 Å². The summed E-state index contributed by atoms with van der Waals surface area (Å²) in [7, 11) is 0. The molecule has 2 aliphatic heterocycles. The molecule has 5 rings (SSSR count). The van der Waals surface area contributed by atoms with Crippen molar-refractivity contribution < 1.29 is 14.6 Å². The lowest BCUT2D eigenvalue weighted by Crippen LogP contribution is -2.31. The van der Waals surface area contributed by atoms with Gasteiger partial charge < -0.3 is 20.3 Å². The Morgan fingerprint density at radius 1 is 1.09 bits per heavy atom. The molecular formula is C18H16N2O3. The molecule has 2 aromatic carbocycles. The van der Waals surface area contributed by atoms with Gasteiger partial charge in [-0.3, -0.25) is 0 Å². The number of amidine groups is 1. The minimum Gasteiger partial charge on any atom is -0.508 e. The summed E-state index contributed by atoms with van der Waals surface area (Å²) >= 11 is 0. The summed E-state index contributed by atoms with van der Waals surface area (Å²) in [6.07, 6.45) is 2.46. The van der Waals surface area contributed by atoms with Crippen LogP contribution in [-0.2, 0) is 10.3 Å². The van der Waals surface area contributed by atoms with E-state index in [0.717, 1.165) is 16.9 Å². The first-order chi connectivity index (χ1) is 11.2. The van der Waals surface area contributed by atoms with E-state index in [4.69, 9.17) is 15.2 Å². The number of rotatable bonds is 1. The Balaban J connectivity index is 1.78. The van der Waals surface area contributed by atoms with Crippen molar-refractivity contribution in [3.8, 4) is 17.2 Å². The van der Waals surface area contributed by atoms with E-state index in [0.29, 0.717) is 18.3 Å². The molecule has 3 N–H and O–H groups in total. The van der Waals surface area contributed by atoms with Crippen LogP contribution in [0, 0.1) is 0 Å². The zero-order chi connectivity index (χ0) is 15.6. The van der Waals surface area contributed by atoms with E-state index < -0.39 is 5.54 Å². The van der Waals surface area contributed by atoms with Crippen molar-refractivity contribution in [1.29, 1.82) is 0 Å². The molecule has 0 unspecified atom stereocenters. The predicted molar refractivity (Wildman–Crippen MR) is 85.0 cm³/mol. The number of phenols is 1. The molecule has 116 valence electrons. The highest BCUT2D eigenvalue weighted by Gasteiger charge is 2.47. The van der Waals surface area contributed by atoms with Gasteiger partial charge in [-0.15, -0.1) is 0 Å². The lowest BCUT2D eigenvalue weighted by Gasteiger charge is -2.33. The molecule has 0 saturated heterocycles. The summed E-state index contributed by atoms with van der Waals surface area (Å²) in [6, 6.07) is 11.5. The lowest BCUT2D eigenvalue weighted by molar-refractivity contribution is 0.264. The van der Waals surface area contributed by atoms with Gasteiger partial charge in [0.05, 0.1) is 0 Å². The summed E-state index contributed by atoms with van der Waals surface area (Å²) in [5.41, 5.74) is 8.14. The number of hydrogen-bond donors (Lipinski definition) is 2. The van der Waals surface area contributed by atoms with Gasteiger partial charge in [0, 0.05) is 11.1 Å². The van der Waals surface area contributed by atoms with Crippen molar-refractivity contribution >= 4 is 6.02 Å². The van der Waals surface area contributed by atoms with Crippen LogP contribution in [0.25, 0.3) is 0 Å². The Morgan fingerprint density at radius 2 is 1.83 bits per heavy atom. The standard InChI is InChI=1S/C18H16N2O3/c19-17-20-18(9-22-17)13-7-11(10-1-2-10)3-5-15(13)23-16-6-4-12(21)8-14(16)18/h3-8,10,21H,1-2,9H2,(H2,19,20)/t18-/m0/s1. The molecule has 1 spiro atoms. The number of aliphatic imine (C=N–C) groups is 1. The van der Waals surface area contributed by atoms with E-state index in [1.54, 1.807) is 18.2 Å². The fraction of sp³-hybridized carbons (Fsp3) is 0.278. The fourth-order valence-corrected chi connectivity index (χ4v) is 3.53. The van der Waals surface area contributed by atoms with E-state index in [2.05, 4.69) is 17.1 Å². The third-order valence-corrected chi connectivity index (χ3v) is 4.86. The quantitative estimate of drug-likeness (QED) is 0.849. The predicted octanol–water partition coefficient (Wildman–Crippen LogP) is 2.96. The number of benzene rings is 2. The molecule has 1 aliphatic carbocycles. The van der Waals surface area contributed by atoms with E-state index in [9.17, 15) is 5.11 Å². The highest BCUT2D eigenvalue weighted by atomic mass is 16.5. The summed E-state index contributed by atoms with van der Waals surface area (Å²) < 4.78 is 11.5. The van der Waals surface area contributed by atoms with Gasteiger partial charge in [-0.2, -0.15) is 0 Å². The van der Waals surface area contributed by atoms with Gasteiger partial charge in [0.1, 0.15) is 23.9 Å². The first-order valence-corrected chi connectivity index (χ1v) is 7.80. The van der Waals surface area contributed by atoms with Gasteiger partial charge in [0.25, 0.3) is 6.02 Å². The van der Waals surface area contributed by atoms with Crippen LogP contribution in [0.15, 0.2) is 41.4 Å². The molecule has 0 bridgehead atoms. The van der Waals surface area contributed by atoms with Crippen LogP contribution in [0.1, 0.15) is 35.4 Å². The normalized spacial score (nSPS) is 24.4. The molecule has 1 saturated carbocycles. The van der Waals surface area contributed by atoms with Crippen LogP contribution in [0.3, 0.4) is 0 Å². The average molecular weight is 308 g/mol. The number of phenolic OH excluding ortho intramolecular Hbond substituents is 1. The van der Waals surface area contributed by atoms with E-state index in [-0.39, 0.29) is 11.8 Å². The minimum absolute atomic E-state index is 0.170. The minimum atomic E-state index is -0.739. The maximum absolute atomic E-state index is 9.92. The van der Waals surface area contributed by atoms with Crippen LogP contribution in [0.5, 0.6) is 17.2 Å². The number of hydrogen-bond acceptors (Lipinski definition) is 5. The Morgan fingerprint density at radius 3 is 2.52 bits per heavy atom. The molecule has 5 heteroatoms. The van der Waals surface area contributed by atoms with Gasteiger partial charge in [-0.05, 0) is 54.7 Å². The Kier molecular flexibility index (Phi) is 2.33. The van der Waals surface area contributed by atoms with Gasteiger partial charge >= 0.3 is 0 Å². The summed E-state index contributed by atoms with van der Waals surface area (Å²) in [5, 5.41) is 9.92. The molecule has 23 heavy (non-hydrogen) atoms. The second kappa shape index (κ2) is 4.19. The van der Waals surface area contributed by atoms with Crippen LogP contribution < -0.4 is 10.5 Å². The van der Waals surface area contributed by atoms with Crippen molar-refractivity contribution in [3.05, 3.63) is 53.1 Å². The molecule has 0 radical (unpaired) electrons. The van der Waals surface area contributed by atoms with Crippen molar-refractivity contribution in [3.63, 3.8) is 0 Å². The second-order valence-electron chi connectivity index (χ2n) is 6.41. The molecule has 1 fully saturated rings. The Bertz CT molecular complexity index is 857. The highest BCUT2D eigenvalue weighted by molar-refractivity contribution is 5.77. The molecule has 2 aromatic rings. The van der Waals surface area contributed by atoms with E-state index in [1.165, 1.54) is 18.4 Å². The molecule has 3 aliphatic rings. The van der Waals surface area contributed by atoms with Crippen molar-refractivity contribution in [2.75, 3.05) is 6.61 Å².